The Hall–Kier alpha value is -2.08. The smallest absolute Gasteiger partial charge is 0.304 e. The first-order valence-electron chi connectivity index (χ1n) is 10.8. The van der Waals surface area contributed by atoms with Crippen molar-refractivity contribution in [3.05, 3.63) is 69.7 Å². The molecule has 2 aromatic rings. The first kappa shape index (κ1) is 24.6. The Labute approximate surface area is 199 Å². The molecule has 1 fully saturated rings. The van der Waals surface area contributed by atoms with Gasteiger partial charge in [-0.2, -0.15) is 0 Å². The molecule has 5 nitrogen and oxygen atoms in total. The fraction of sp³-hybridized carbons (Fsp3) is 0.440. The van der Waals surface area contributed by atoms with Crippen molar-refractivity contribution in [3.8, 4) is 0 Å². The Morgan fingerprint density at radius 3 is 2.34 bits per heavy atom. The summed E-state index contributed by atoms with van der Waals surface area (Å²) in [6.45, 7) is 5.29. The van der Waals surface area contributed by atoms with Crippen molar-refractivity contribution in [3.63, 3.8) is 0 Å². The van der Waals surface area contributed by atoms with Crippen LogP contribution >= 0.6 is 23.2 Å². The molecule has 3 rings (SSSR count). The summed E-state index contributed by atoms with van der Waals surface area (Å²) in [4.78, 5) is 27.3. The lowest BCUT2D eigenvalue weighted by atomic mass is 9.67. The Bertz CT molecular complexity index is 978. The molecule has 0 radical (unpaired) electrons. The second kappa shape index (κ2) is 9.82. The van der Waals surface area contributed by atoms with Crippen LogP contribution in [-0.4, -0.2) is 39.1 Å². The quantitative estimate of drug-likeness (QED) is 0.536. The third-order valence-corrected chi connectivity index (χ3v) is 6.95. The molecule has 2 aromatic carbocycles. The topological polar surface area (TPSA) is 77.8 Å². The van der Waals surface area contributed by atoms with E-state index < -0.39 is 29.6 Å². The van der Waals surface area contributed by atoms with Crippen molar-refractivity contribution >= 4 is 35.1 Å². The lowest BCUT2D eigenvalue weighted by molar-refractivity contribution is -0.163. The first-order chi connectivity index (χ1) is 15.1. The molecule has 0 unspecified atom stereocenters. The number of carbonyl (C=O) groups excluding carboxylic acids is 1. The molecular formula is C25H29Cl2NO4. The summed E-state index contributed by atoms with van der Waals surface area (Å²) in [6, 6.07) is 13.9. The average Bonchev–Trinajstić information content (AvgIpc) is 2.71. The van der Waals surface area contributed by atoms with Crippen LogP contribution in [0.3, 0.4) is 0 Å². The monoisotopic (exact) mass is 477 g/mol. The van der Waals surface area contributed by atoms with Crippen LogP contribution in [0.2, 0.25) is 10.0 Å². The van der Waals surface area contributed by atoms with Gasteiger partial charge in [-0.3, -0.25) is 9.59 Å². The number of halogens is 2. The predicted octanol–water partition coefficient (Wildman–Crippen LogP) is 5.69. The number of aliphatic hydroxyl groups is 1. The van der Waals surface area contributed by atoms with Crippen LogP contribution in [0.5, 0.6) is 0 Å². The van der Waals surface area contributed by atoms with Gasteiger partial charge in [-0.05, 0) is 55.2 Å². The average molecular weight is 478 g/mol. The molecule has 0 aliphatic carbocycles. The van der Waals surface area contributed by atoms with Crippen molar-refractivity contribution in [2.45, 2.75) is 64.1 Å². The molecule has 7 heteroatoms. The fourth-order valence-corrected chi connectivity index (χ4v) is 5.34. The maximum absolute atomic E-state index is 13.9. The van der Waals surface area contributed by atoms with E-state index in [1.165, 1.54) is 0 Å². The molecule has 32 heavy (non-hydrogen) atoms. The van der Waals surface area contributed by atoms with Gasteiger partial charge in [0.25, 0.3) is 0 Å². The summed E-state index contributed by atoms with van der Waals surface area (Å²) in [5.74, 6) is -1.50. The van der Waals surface area contributed by atoms with Gasteiger partial charge in [0.2, 0.25) is 5.91 Å². The Morgan fingerprint density at radius 1 is 1.16 bits per heavy atom. The highest BCUT2D eigenvalue weighted by molar-refractivity contribution is 6.30. The number of carbonyl (C=O) groups is 2. The van der Waals surface area contributed by atoms with Crippen LogP contribution in [0.15, 0.2) is 48.5 Å². The normalized spacial score (nSPS) is 25.4. The summed E-state index contributed by atoms with van der Waals surface area (Å²) in [5.41, 5.74) is 0.681. The van der Waals surface area contributed by atoms with E-state index in [0.717, 1.165) is 11.1 Å². The van der Waals surface area contributed by atoms with E-state index in [-0.39, 0.29) is 18.2 Å². The van der Waals surface area contributed by atoms with Gasteiger partial charge < -0.3 is 15.1 Å². The molecule has 5 atom stereocenters. The third kappa shape index (κ3) is 4.95. The van der Waals surface area contributed by atoms with Crippen LogP contribution in [0, 0.1) is 5.41 Å². The molecule has 1 saturated heterocycles. The standard InChI is InChI=1S/C25H29Cl2NO4/c1-4-21(15(2)29)28-23(16-8-10-18(26)11-9-16)20(17-6-5-7-19(27)12-17)13-25(3,24(28)32)14-22(30)31/h5-12,15,20-21,23,29H,4,13-14H2,1-3H3,(H,30,31)/t15-,20+,21+,23+,25+/m0/s1. The van der Waals surface area contributed by atoms with Gasteiger partial charge in [0.1, 0.15) is 0 Å². The van der Waals surface area contributed by atoms with E-state index in [1.54, 1.807) is 36.9 Å². The lowest BCUT2D eigenvalue weighted by Gasteiger charge is -2.52. The molecule has 1 amide bonds. The fourth-order valence-electron chi connectivity index (χ4n) is 5.02. The van der Waals surface area contributed by atoms with Gasteiger partial charge in [-0.25, -0.2) is 0 Å². The molecule has 1 aliphatic rings. The van der Waals surface area contributed by atoms with Gasteiger partial charge in [0.05, 0.1) is 30.0 Å². The maximum Gasteiger partial charge on any atom is 0.304 e. The number of rotatable bonds is 7. The van der Waals surface area contributed by atoms with Gasteiger partial charge in [-0.1, -0.05) is 61.3 Å². The zero-order valence-corrected chi connectivity index (χ0v) is 20.0. The van der Waals surface area contributed by atoms with E-state index >= 15 is 0 Å². The number of nitrogens with zero attached hydrogens (tertiary/aromatic N) is 1. The number of piperidine rings is 1. The molecule has 172 valence electrons. The largest absolute Gasteiger partial charge is 0.481 e. The summed E-state index contributed by atoms with van der Waals surface area (Å²) in [7, 11) is 0. The maximum atomic E-state index is 13.9. The highest BCUT2D eigenvalue weighted by Gasteiger charge is 2.52. The number of hydrogen-bond donors (Lipinski definition) is 2. The summed E-state index contributed by atoms with van der Waals surface area (Å²) >= 11 is 12.4. The molecule has 1 heterocycles. The van der Waals surface area contributed by atoms with Crippen LogP contribution in [0.4, 0.5) is 0 Å². The second-order valence-electron chi connectivity index (χ2n) is 8.92. The van der Waals surface area contributed by atoms with E-state index in [9.17, 15) is 19.8 Å². The van der Waals surface area contributed by atoms with Crippen LogP contribution in [0.1, 0.15) is 63.1 Å². The zero-order chi connectivity index (χ0) is 23.6. The number of aliphatic carboxylic acids is 1. The van der Waals surface area contributed by atoms with Gasteiger partial charge >= 0.3 is 5.97 Å². The van der Waals surface area contributed by atoms with E-state index in [2.05, 4.69) is 0 Å². The number of likely N-dealkylation sites (tertiary alicyclic amines) is 1. The van der Waals surface area contributed by atoms with E-state index in [1.807, 2.05) is 37.3 Å². The molecule has 0 bridgehead atoms. The van der Waals surface area contributed by atoms with Crippen molar-refractivity contribution < 1.29 is 19.8 Å². The minimum absolute atomic E-state index is 0.218. The Morgan fingerprint density at radius 2 is 1.81 bits per heavy atom. The van der Waals surface area contributed by atoms with Crippen molar-refractivity contribution in [2.75, 3.05) is 0 Å². The summed E-state index contributed by atoms with van der Waals surface area (Å²) in [6.07, 6.45) is -0.202. The molecule has 2 N–H and O–H groups in total. The van der Waals surface area contributed by atoms with Gasteiger partial charge in [0, 0.05) is 16.0 Å². The molecule has 0 aromatic heterocycles. The van der Waals surface area contributed by atoms with Gasteiger partial charge in [0.15, 0.2) is 0 Å². The molecular weight excluding hydrogens is 449 g/mol. The Kier molecular flexibility index (Phi) is 7.53. The summed E-state index contributed by atoms with van der Waals surface area (Å²) < 4.78 is 0. The van der Waals surface area contributed by atoms with Crippen LogP contribution < -0.4 is 0 Å². The Balaban J connectivity index is 2.25. The van der Waals surface area contributed by atoms with Crippen LogP contribution in [0.25, 0.3) is 0 Å². The minimum atomic E-state index is -1.12. The number of carboxylic acids is 1. The minimum Gasteiger partial charge on any atom is -0.481 e. The third-order valence-electron chi connectivity index (χ3n) is 6.46. The van der Waals surface area contributed by atoms with Crippen molar-refractivity contribution in [1.29, 1.82) is 0 Å². The first-order valence-corrected chi connectivity index (χ1v) is 11.6. The number of benzene rings is 2. The highest BCUT2D eigenvalue weighted by atomic mass is 35.5. The second-order valence-corrected chi connectivity index (χ2v) is 9.79. The van der Waals surface area contributed by atoms with E-state index in [4.69, 9.17) is 23.2 Å². The number of hydrogen-bond acceptors (Lipinski definition) is 3. The molecule has 0 saturated carbocycles. The lowest BCUT2D eigenvalue weighted by Crippen LogP contribution is -2.58. The zero-order valence-electron chi connectivity index (χ0n) is 18.5. The van der Waals surface area contributed by atoms with Crippen LogP contribution in [-0.2, 0) is 9.59 Å². The molecule has 1 aliphatic heterocycles. The number of carboxylic acid groups (broad SMARTS) is 1. The van der Waals surface area contributed by atoms with Crippen molar-refractivity contribution in [2.24, 2.45) is 5.41 Å². The number of amides is 1. The van der Waals surface area contributed by atoms with Gasteiger partial charge in [-0.15, -0.1) is 0 Å². The molecule has 0 spiro atoms. The highest BCUT2D eigenvalue weighted by Crippen LogP contribution is 2.52. The van der Waals surface area contributed by atoms with Crippen molar-refractivity contribution in [1.82, 2.24) is 4.90 Å². The number of aliphatic hydroxyl groups excluding tert-OH is 1. The summed E-state index contributed by atoms with van der Waals surface area (Å²) in [5, 5.41) is 21.3. The SMILES string of the molecule is CC[C@H]([C@H](C)O)N1C(=O)[C@@](C)(CC(=O)O)C[C@H](c2cccc(Cl)c2)[C@H]1c1ccc(Cl)cc1. The van der Waals surface area contributed by atoms with E-state index in [0.29, 0.717) is 22.9 Å². The predicted molar refractivity (Wildman–Crippen MR) is 126 cm³/mol.